The van der Waals surface area contributed by atoms with Gasteiger partial charge in [-0.3, -0.25) is 14.4 Å². The molecule has 0 saturated carbocycles. The lowest BCUT2D eigenvalue weighted by Crippen LogP contribution is -2.28. The second-order valence-corrected chi connectivity index (χ2v) is 9.26. The normalized spacial score (nSPS) is 15.9. The first kappa shape index (κ1) is 25.2. The summed E-state index contributed by atoms with van der Waals surface area (Å²) in [4.78, 5) is 53.5. The van der Waals surface area contributed by atoms with E-state index in [0.717, 1.165) is 0 Å². The minimum absolute atomic E-state index is 0.0434. The first-order valence-electron chi connectivity index (χ1n) is 10.8. The van der Waals surface area contributed by atoms with Crippen molar-refractivity contribution in [1.82, 2.24) is 5.32 Å². The van der Waals surface area contributed by atoms with Gasteiger partial charge in [0.15, 0.2) is 11.8 Å². The molecule has 2 N–H and O–H groups in total. The molecule has 1 fully saturated rings. The van der Waals surface area contributed by atoms with E-state index in [1.807, 2.05) is 30.3 Å². The molecule has 0 spiro atoms. The van der Waals surface area contributed by atoms with Crippen molar-refractivity contribution in [3.63, 3.8) is 0 Å². The number of amidine groups is 1. The Morgan fingerprint density at radius 1 is 0.972 bits per heavy atom. The van der Waals surface area contributed by atoms with Crippen LogP contribution in [0.15, 0.2) is 83.9 Å². The average Bonchev–Trinajstić information content (AvgIpc) is 3.21. The standard InChI is InChI=1S/C26H20ClN3O5S/c27-20-9-5-4-8-19(20)21(31)15-35-25(34)16-10-12-18(13-11-16)28-23(32)14-22-24(33)30-26(36-22)29-17-6-2-1-3-7-17/h1-13,22H,14-15H2,(H,28,32)(H,29,30,33). The summed E-state index contributed by atoms with van der Waals surface area (Å²) in [6, 6.07) is 21.7. The van der Waals surface area contributed by atoms with Crippen LogP contribution in [-0.2, 0) is 14.3 Å². The molecular weight excluding hydrogens is 502 g/mol. The Morgan fingerprint density at radius 3 is 2.39 bits per heavy atom. The Labute approximate surface area is 216 Å². The van der Waals surface area contributed by atoms with Crippen molar-refractivity contribution in [3.05, 3.63) is 95.0 Å². The molecule has 3 aromatic carbocycles. The maximum Gasteiger partial charge on any atom is 0.338 e. The van der Waals surface area contributed by atoms with Gasteiger partial charge in [0.2, 0.25) is 17.6 Å². The number of nitrogens with one attached hydrogen (secondary N) is 2. The van der Waals surface area contributed by atoms with E-state index in [2.05, 4.69) is 15.6 Å². The second-order valence-electron chi connectivity index (χ2n) is 7.66. The van der Waals surface area contributed by atoms with Crippen LogP contribution in [0.2, 0.25) is 5.02 Å². The Kier molecular flexibility index (Phi) is 8.14. The number of Topliss-reactive ketones (excluding diaryl/α,β-unsaturated/α-hetero) is 1. The van der Waals surface area contributed by atoms with Gasteiger partial charge in [-0.05, 0) is 48.5 Å². The van der Waals surface area contributed by atoms with Crippen LogP contribution in [-0.4, -0.2) is 40.6 Å². The molecule has 8 nitrogen and oxygen atoms in total. The number of anilines is 1. The maximum absolute atomic E-state index is 12.5. The molecule has 1 aliphatic heterocycles. The van der Waals surface area contributed by atoms with Gasteiger partial charge in [0.25, 0.3) is 0 Å². The predicted octanol–water partition coefficient (Wildman–Crippen LogP) is 4.63. The molecule has 2 amide bonds. The van der Waals surface area contributed by atoms with Crippen LogP contribution in [0.3, 0.4) is 0 Å². The summed E-state index contributed by atoms with van der Waals surface area (Å²) >= 11 is 7.18. The van der Waals surface area contributed by atoms with Gasteiger partial charge in [-0.15, -0.1) is 0 Å². The summed E-state index contributed by atoms with van der Waals surface area (Å²) < 4.78 is 5.08. The highest BCUT2D eigenvalue weighted by Gasteiger charge is 2.32. The molecular formula is C26H20ClN3O5S. The van der Waals surface area contributed by atoms with E-state index in [-0.39, 0.29) is 34.4 Å². The Balaban J connectivity index is 1.27. The summed E-state index contributed by atoms with van der Waals surface area (Å²) in [5.74, 6) is -1.74. The number of hydrogen-bond acceptors (Lipinski definition) is 7. The molecule has 0 radical (unpaired) electrons. The zero-order valence-electron chi connectivity index (χ0n) is 18.8. The van der Waals surface area contributed by atoms with Crippen molar-refractivity contribution in [2.24, 2.45) is 4.99 Å². The topological polar surface area (TPSA) is 114 Å². The van der Waals surface area contributed by atoms with E-state index in [9.17, 15) is 19.2 Å². The molecule has 1 aliphatic rings. The molecule has 0 bridgehead atoms. The highest BCUT2D eigenvalue weighted by Crippen LogP contribution is 2.25. The summed E-state index contributed by atoms with van der Waals surface area (Å²) in [6.07, 6.45) is -0.0434. The highest BCUT2D eigenvalue weighted by molar-refractivity contribution is 8.15. The van der Waals surface area contributed by atoms with Crippen molar-refractivity contribution >= 4 is 63.5 Å². The highest BCUT2D eigenvalue weighted by atomic mass is 35.5. The van der Waals surface area contributed by atoms with Crippen LogP contribution >= 0.6 is 23.4 Å². The Morgan fingerprint density at radius 2 is 1.67 bits per heavy atom. The molecule has 182 valence electrons. The van der Waals surface area contributed by atoms with Crippen LogP contribution in [0, 0.1) is 0 Å². The van der Waals surface area contributed by atoms with E-state index in [0.29, 0.717) is 16.5 Å². The number of carbonyl (C=O) groups excluding carboxylic acids is 4. The van der Waals surface area contributed by atoms with Crippen LogP contribution in [0.1, 0.15) is 27.1 Å². The van der Waals surface area contributed by atoms with Gasteiger partial charge < -0.3 is 15.4 Å². The number of halogens is 1. The molecule has 1 unspecified atom stereocenters. The van der Waals surface area contributed by atoms with Gasteiger partial charge in [0.1, 0.15) is 5.25 Å². The first-order valence-corrected chi connectivity index (χ1v) is 12.1. The van der Waals surface area contributed by atoms with Gasteiger partial charge in [-0.1, -0.05) is 53.7 Å². The maximum atomic E-state index is 12.5. The molecule has 36 heavy (non-hydrogen) atoms. The summed E-state index contributed by atoms with van der Waals surface area (Å²) in [5, 5.41) is 5.52. The fourth-order valence-electron chi connectivity index (χ4n) is 3.26. The third-order valence-corrected chi connectivity index (χ3v) is 6.46. The number of rotatable bonds is 8. The molecule has 1 saturated heterocycles. The molecule has 10 heteroatoms. The largest absolute Gasteiger partial charge is 0.454 e. The molecule has 3 aromatic rings. The molecule has 0 aromatic heterocycles. The van der Waals surface area contributed by atoms with E-state index in [1.165, 1.54) is 36.0 Å². The summed E-state index contributed by atoms with van der Waals surface area (Å²) in [6.45, 7) is -0.447. The lowest BCUT2D eigenvalue weighted by molar-refractivity contribution is -0.122. The smallest absolute Gasteiger partial charge is 0.338 e. The van der Waals surface area contributed by atoms with Crippen LogP contribution < -0.4 is 10.6 Å². The number of aliphatic imine (C=N–C) groups is 1. The van der Waals surface area contributed by atoms with Crippen LogP contribution in [0.4, 0.5) is 11.4 Å². The number of esters is 1. The van der Waals surface area contributed by atoms with Crippen molar-refractivity contribution in [3.8, 4) is 0 Å². The monoisotopic (exact) mass is 521 g/mol. The number of carbonyl (C=O) groups is 4. The van der Waals surface area contributed by atoms with Crippen molar-refractivity contribution < 1.29 is 23.9 Å². The van der Waals surface area contributed by atoms with Gasteiger partial charge in [-0.2, -0.15) is 0 Å². The molecule has 1 heterocycles. The first-order chi connectivity index (χ1) is 17.4. The number of benzene rings is 3. The molecule has 1 atom stereocenters. The zero-order chi connectivity index (χ0) is 25.5. The van der Waals surface area contributed by atoms with Crippen LogP contribution in [0.5, 0.6) is 0 Å². The Hall–Kier alpha value is -3.95. The fraction of sp³-hybridized carbons (Fsp3) is 0.115. The van der Waals surface area contributed by atoms with E-state index in [1.54, 1.807) is 24.3 Å². The van der Waals surface area contributed by atoms with Crippen LogP contribution in [0.25, 0.3) is 0 Å². The number of ketones is 1. The summed E-state index contributed by atoms with van der Waals surface area (Å²) in [5.41, 5.74) is 1.65. The zero-order valence-corrected chi connectivity index (χ0v) is 20.3. The fourth-order valence-corrected chi connectivity index (χ4v) is 4.49. The van der Waals surface area contributed by atoms with E-state index < -0.39 is 23.6 Å². The average molecular weight is 522 g/mol. The van der Waals surface area contributed by atoms with Gasteiger partial charge >= 0.3 is 5.97 Å². The summed E-state index contributed by atoms with van der Waals surface area (Å²) in [7, 11) is 0. The lowest BCUT2D eigenvalue weighted by atomic mass is 10.1. The minimum atomic E-state index is -0.683. The Bertz CT molecular complexity index is 1330. The number of para-hydroxylation sites is 1. The minimum Gasteiger partial charge on any atom is -0.454 e. The van der Waals surface area contributed by atoms with Gasteiger partial charge in [0, 0.05) is 17.7 Å². The SMILES string of the molecule is O=C(CC1SC(=Nc2ccccc2)NC1=O)Nc1ccc(C(=O)OCC(=O)c2ccccc2Cl)cc1. The van der Waals surface area contributed by atoms with Crippen molar-refractivity contribution in [2.45, 2.75) is 11.7 Å². The van der Waals surface area contributed by atoms with Gasteiger partial charge in [-0.25, -0.2) is 9.79 Å². The van der Waals surface area contributed by atoms with E-state index in [4.69, 9.17) is 16.3 Å². The van der Waals surface area contributed by atoms with Gasteiger partial charge in [0.05, 0.1) is 16.3 Å². The lowest BCUT2D eigenvalue weighted by Gasteiger charge is -2.09. The molecule has 0 aliphatic carbocycles. The van der Waals surface area contributed by atoms with E-state index >= 15 is 0 Å². The third-order valence-electron chi connectivity index (χ3n) is 5.05. The predicted molar refractivity (Wildman–Crippen MR) is 139 cm³/mol. The number of hydrogen-bond donors (Lipinski definition) is 2. The van der Waals surface area contributed by atoms with Crippen molar-refractivity contribution in [2.75, 3.05) is 11.9 Å². The quantitative estimate of drug-likeness (QED) is 0.330. The second kappa shape index (κ2) is 11.7. The number of amides is 2. The molecule has 4 rings (SSSR count). The number of nitrogens with zero attached hydrogens (tertiary/aromatic N) is 1. The number of ether oxygens (including phenoxy) is 1. The van der Waals surface area contributed by atoms with Crippen molar-refractivity contribution in [1.29, 1.82) is 0 Å². The number of thioether (sulfide) groups is 1. The third kappa shape index (κ3) is 6.59.